The van der Waals surface area contributed by atoms with Gasteiger partial charge in [-0.3, -0.25) is 14.4 Å². The Kier molecular flexibility index (Phi) is 64.6. The predicted octanol–water partition coefficient (Wildman–Crippen LogP) is 23.7. The molecule has 0 spiro atoms. The third kappa shape index (κ3) is 64.2. The lowest BCUT2D eigenvalue weighted by Gasteiger charge is -2.18. The Morgan fingerprint density at radius 1 is 0.269 bits per heavy atom. The lowest BCUT2D eigenvalue weighted by Crippen LogP contribution is -2.30. The van der Waals surface area contributed by atoms with Gasteiger partial charge >= 0.3 is 17.9 Å². The Morgan fingerprint density at radius 3 is 0.782 bits per heavy atom. The molecule has 0 aliphatic rings. The average molecular weight is 1090 g/mol. The molecule has 0 aliphatic carbocycles. The van der Waals surface area contributed by atoms with E-state index in [4.69, 9.17) is 14.2 Å². The monoisotopic (exact) mass is 1090 g/mol. The van der Waals surface area contributed by atoms with E-state index in [2.05, 4.69) is 69.4 Å². The fraction of sp³-hybridized carbons (Fsp3) is 0.847. The van der Waals surface area contributed by atoms with E-state index in [1.54, 1.807) is 0 Å². The minimum Gasteiger partial charge on any atom is -0.462 e. The summed E-state index contributed by atoms with van der Waals surface area (Å²) in [6.07, 6.45) is 84.5. The summed E-state index contributed by atoms with van der Waals surface area (Å²) in [6, 6.07) is 0. The number of esters is 3. The topological polar surface area (TPSA) is 78.9 Å². The van der Waals surface area contributed by atoms with Crippen molar-refractivity contribution in [1.29, 1.82) is 0 Å². The van der Waals surface area contributed by atoms with E-state index < -0.39 is 6.10 Å². The second-order valence-corrected chi connectivity index (χ2v) is 23.4. The van der Waals surface area contributed by atoms with E-state index in [1.165, 1.54) is 250 Å². The van der Waals surface area contributed by atoms with Crippen molar-refractivity contribution in [3.05, 3.63) is 48.6 Å². The number of hydrogen-bond donors (Lipinski definition) is 0. The molecule has 6 heteroatoms. The molecule has 0 N–H and O–H groups in total. The van der Waals surface area contributed by atoms with E-state index in [9.17, 15) is 14.4 Å². The van der Waals surface area contributed by atoms with Crippen molar-refractivity contribution in [3.8, 4) is 0 Å². The van der Waals surface area contributed by atoms with E-state index >= 15 is 0 Å². The van der Waals surface area contributed by atoms with Crippen molar-refractivity contribution in [1.82, 2.24) is 0 Å². The van der Waals surface area contributed by atoms with Crippen LogP contribution in [0.25, 0.3) is 0 Å². The molecule has 0 rings (SSSR count). The number of ether oxygens (including phenoxy) is 3. The molecule has 0 amide bonds. The van der Waals surface area contributed by atoms with Crippen molar-refractivity contribution in [2.75, 3.05) is 13.2 Å². The minimum absolute atomic E-state index is 0.0851. The van der Waals surface area contributed by atoms with Gasteiger partial charge in [0.05, 0.1) is 0 Å². The van der Waals surface area contributed by atoms with E-state index in [1.807, 2.05) is 0 Å². The van der Waals surface area contributed by atoms with Crippen LogP contribution >= 0.6 is 0 Å². The molecule has 0 saturated carbocycles. The van der Waals surface area contributed by atoms with Crippen LogP contribution in [0, 0.1) is 0 Å². The summed E-state index contributed by atoms with van der Waals surface area (Å²) in [5.74, 6) is -0.905. The quantitative estimate of drug-likeness (QED) is 0.0261. The number of carbonyl (C=O) groups is 3. The number of carbonyl (C=O) groups excluding carboxylic acids is 3. The van der Waals surface area contributed by atoms with Gasteiger partial charge in [-0.2, -0.15) is 0 Å². The first-order valence-corrected chi connectivity index (χ1v) is 34.6. The molecule has 0 heterocycles. The lowest BCUT2D eigenvalue weighted by atomic mass is 10.0. The van der Waals surface area contributed by atoms with Gasteiger partial charge in [-0.05, 0) is 57.8 Å². The van der Waals surface area contributed by atoms with Crippen LogP contribution in [0.2, 0.25) is 0 Å². The van der Waals surface area contributed by atoms with Gasteiger partial charge in [-0.25, -0.2) is 0 Å². The molecule has 78 heavy (non-hydrogen) atoms. The highest BCUT2D eigenvalue weighted by molar-refractivity contribution is 5.71. The molecule has 0 fully saturated rings. The predicted molar refractivity (Wildman–Crippen MR) is 339 cm³/mol. The fourth-order valence-electron chi connectivity index (χ4n) is 10.4. The first-order chi connectivity index (χ1) is 38.5. The summed E-state index contributed by atoms with van der Waals surface area (Å²) < 4.78 is 16.9. The third-order valence-corrected chi connectivity index (χ3v) is 15.6. The second kappa shape index (κ2) is 66.9. The van der Waals surface area contributed by atoms with Crippen LogP contribution in [0.4, 0.5) is 0 Å². The maximum atomic E-state index is 12.9. The van der Waals surface area contributed by atoms with Crippen LogP contribution in [0.1, 0.15) is 374 Å². The van der Waals surface area contributed by atoms with Gasteiger partial charge in [-0.15, -0.1) is 0 Å². The zero-order valence-electron chi connectivity index (χ0n) is 52.5. The smallest absolute Gasteiger partial charge is 0.306 e. The van der Waals surface area contributed by atoms with Gasteiger partial charge < -0.3 is 14.2 Å². The number of unbranched alkanes of at least 4 members (excludes halogenated alkanes) is 45. The molecule has 1 unspecified atom stereocenters. The van der Waals surface area contributed by atoms with Gasteiger partial charge in [0, 0.05) is 19.3 Å². The highest BCUT2D eigenvalue weighted by atomic mass is 16.6. The van der Waals surface area contributed by atoms with Gasteiger partial charge in [0.25, 0.3) is 0 Å². The van der Waals surface area contributed by atoms with E-state index in [-0.39, 0.29) is 37.5 Å². The molecule has 456 valence electrons. The van der Waals surface area contributed by atoms with Crippen LogP contribution in [-0.2, 0) is 28.6 Å². The lowest BCUT2D eigenvalue weighted by molar-refractivity contribution is -0.167. The maximum Gasteiger partial charge on any atom is 0.306 e. The third-order valence-electron chi connectivity index (χ3n) is 15.6. The standard InChI is InChI=1S/C72H132O6/c1-4-7-10-13-16-19-22-25-27-28-29-30-31-32-33-34-35-36-37-38-39-40-41-42-43-45-47-50-53-56-59-62-65-71(74)77-68-69(67-76-70(73)64-61-58-55-52-49-46-24-21-18-15-12-9-6-3)78-72(75)66-63-60-57-54-51-48-44-26-23-20-17-14-11-8-5-2/h8,11,17,20,26,44,51,54,69H,4-7,9-10,12-16,18-19,21-25,27-43,45-50,52-53,55-68H2,1-3H3/b11-8-,20-17-,44-26-,54-51-. The molecule has 0 aromatic heterocycles. The SMILES string of the molecule is CC/C=C\C/C=C\C/C=C\C/C=C\CCCCC(=O)OC(COC(=O)CCCCCCCCCCCCCCC)COC(=O)CCCCCCCCCCCCCCCCCCCCCCCCCCCCCCCCCC. The largest absolute Gasteiger partial charge is 0.462 e. The number of rotatable bonds is 64. The Labute approximate surface area is 486 Å². The highest BCUT2D eigenvalue weighted by Crippen LogP contribution is 2.19. The minimum atomic E-state index is -0.792. The second-order valence-electron chi connectivity index (χ2n) is 23.4. The number of allylic oxidation sites excluding steroid dienone is 8. The summed E-state index contributed by atoms with van der Waals surface area (Å²) in [6.45, 7) is 6.55. The van der Waals surface area contributed by atoms with Crippen molar-refractivity contribution >= 4 is 17.9 Å². The summed E-state index contributed by atoms with van der Waals surface area (Å²) in [4.78, 5) is 38.3. The molecule has 0 aromatic rings. The molecule has 0 radical (unpaired) electrons. The van der Waals surface area contributed by atoms with Crippen molar-refractivity contribution in [3.63, 3.8) is 0 Å². The number of hydrogen-bond acceptors (Lipinski definition) is 6. The molecule has 0 bridgehead atoms. The zero-order chi connectivity index (χ0) is 56.4. The van der Waals surface area contributed by atoms with Crippen LogP contribution < -0.4 is 0 Å². The highest BCUT2D eigenvalue weighted by Gasteiger charge is 2.19. The summed E-state index contributed by atoms with van der Waals surface area (Å²) in [5.41, 5.74) is 0. The van der Waals surface area contributed by atoms with Crippen molar-refractivity contribution < 1.29 is 28.6 Å². The average Bonchev–Trinajstić information content (AvgIpc) is 3.44. The summed E-state index contributed by atoms with van der Waals surface area (Å²) >= 11 is 0. The van der Waals surface area contributed by atoms with E-state index in [0.717, 1.165) is 77.0 Å². The molecular formula is C72H132O6. The van der Waals surface area contributed by atoms with Crippen LogP contribution in [0.3, 0.4) is 0 Å². The Hall–Kier alpha value is -2.63. The van der Waals surface area contributed by atoms with Crippen LogP contribution in [0.5, 0.6) is 0 Å². The molecule has 0 aromatic carbocycles. The molecule has 0 saturated heterocycles. The first kappa shape index (κ1) is 75.4. The van der Waals surface area contributed by atoms with Crippen LogP contribution in [-0.4, -0.2) is 37.2 Å². The maximum absolute atomic E-state index is 12.9. The molecule has 6 nitrogen and oxygen atoms in total. The molecular weight excluding hydrogens is 961 g/mol. The Bertz CT molecular complexity index is 1350. The van der Waals surface area contributed by atoms with Gasteiger partial charge in [-0.1, -0.05) is 345 Å². The van der Waals surface area contributed by atoms with E-state index in [0.29, 0.717) is 19.3 Å². The Balaban J connectivity index is 4.11. The summed E-state index contributed by atoms with van der Waals surface area (Å²) in [7, 11) is 0. The fourth-order valence-corrected chi connectivity index (χ4v) is 10.4. The van der Waals surface area contributed by atoms with Crippen molar-refractivity contribution in [2.45, 2.75) is 380 Å². The molecule has 0 aliphatic heterocycles. The normalized spacial score (nSPS) is 12.3. The van der Waals surface area contributed by atoms with Gasteiger partial charge in [0.1, 0.15) is 13.2 Å². The van der Waals surface area contributed by atoms with Gasteiger partial charge in [0.15, 0.2) is 6.10 Å². The van der Waals surface area contributed by atoms with Crippen LogP contribution in [0.15, 0.2) is 48.6 Å². The zero-order valence-corrected chi connectivity index (χ0v) is 52.5. The Morgan fingerprint density at radius 2 is 0.500 bits per heavy atom. The summed E-state index contributed by atoms with van der Waals surface area (Å²) in [5, 5.41) is 0. The van der Waals surface area contributed by atoms with Gasteiger partial charge in [0.2, 0.25) is 0 Å². The first-order valence-electron chi connectivity index (χ1n) is 34.6. The molecule has 1 atom stereocenters. The van der Waals surface area contributed by atoms with Crippen molar-refractivity contribution in [2.24, 2.45) is 0 Å².